The van der Waals surface area contributed by atoms with Gasteiger partial charge in [0.25, 0.3) is 0 Å². The van der Waals surface area contributed by atoms with E-state index in [1.165, 1.54) is 0 Å². The van der Waals surface area contributed by atoms with E-state index in [2.05, 4.69) is 0 Å². The maximum absolute atomic E-state index is 15.3. The third-order valence-corrected chi connectivity index (χ3v) is 6.25. The Morgan fingerprint density at radius 1 is 0.385 bits per heavy atom. The number of phenols is 1. The first-order valence-electron chi connectivity index (χ1n) is 10.3. The largest absolute Gasteiger partial charge is 0.508 e. The van der Waals surface area contributed by atoms with Gasteiger partial charge in [0.2, 0.25) is 0 Å². The van der Waals surface area contributed by atoms with Gasteiger partial charge in [0.15, 0.2) is 52.4 Å². The van der Waals surface area contributed by atoms with Crippen molar-refractivity contribution in [1.82, 2.24) is 0 Å². The lowest BCUT2D eigenvalue weighted by Crippen LogP contribution is -2.78. The lowest BCUT2D eigenvalue weighted by Gasteiger charge is -2.44. The molecule has 0 aromatic heterocycles. The number of hydrogen-bond donors (Lipinski definition) is 1. The Morgan fingerprint density at radius 2 is 0.692 bits per heavy atom. The van der Waals surface area contributed by atoms with Crippen LogP contribution >= 0.6 is 0 Å². The molecule has 0 aliphatic carbocycles. The molecule has 0 spiro atoms. The second kappa shape index (κ2) is 9.54. The van der Waals surface area contributed by atoms with E-state index in [0.29, 0.717) is 24.3 Å². The third-order valence-electron chi connectivity index (χ3n) is 6.25. The molecule has 0 radical (unpaired) electrons. The lowest BCUT2D eigenvalue weighted by atomic mass is 9.12. The van der Waals surface area contributed by atoms with Gasteiger partial charge in [0.05, 0.1) is 0 Å². The van der Waals surface area contributed by atoms with Crippen LogP contribution in [0.25, 0.3) is 0 Å². The first-order valence-corrected chi connectivity index (χ1v) is 10.3. The van der Waals surface area contributed by atoms with Crippen LogP contribution < -0.4 is 21.9 Å². The number of benzene rings is 4. The van der Waals surface area contributed by atoms with Gasteiger partial charge in [-0.25, -0.2) is 57.1 Å². The van der Waals surface area contributed by atoms with Gasteiger partial charge < -0.3 is 5.11 Å². The molecule has 4 rings (SSSR count). The first kappa shape index (κ1) is 27.9. The highest BCUT2D eigenvalue weighted by Crippen LogP contribution is 2.26. The minimum absolute atomic E-state index is 0.179. The number of rotatable bonds is 4. The van der Waals surface area contributed by atoms with Crippen LogP contribution in [-0.2, 0) is 0 Å². The second-order valence-corrected chi connectivity index (χ2v) is 8.22. The smallest absolute Gasteiger partial charge is 0.200 e. The molecule has 0 aliphatic rings. The Balaban J connectivity index is 2.46. The molecule has 204 valence electrons. The number of hydrogen-bond acceptors (Lipinski definition) is 1. The predicted molar refractivity (Wildman–Crippen MR) is 111 cm³/mol. The Kier molecular flexibility index (Phi) is 6.81. The van der Waals surface area contributed by atoms with E-state index in [4.69, 9.17) is 0 Å². The molecular formula is C24H7BF13O-. The molecule has 0 aliphatic heterocycles. The molecule has 0 atom stereocenters. The highest BCUT2D eigenvalue weighted by atomic mass is 19.2. The molecule has 39 heavy (non-hydrogen) atoms. The minimum atomic E-state index is -5.04. The monoisotopic (exact) mass is 569 g/mol. The molecule has 15 heteroatoms. The van der Waals surface area contributed by atoms with Gasteiger partial charge in [-0.2, -0.15) is 10.9 Å². The SMILES string of the molecule is Oc1ccc([B-](c2cc(F)c(F)c(F)c2)(c2c(F)c(F)c(F)c(F)c2F)c2c(F)c(F)c(F)c(F)c2F)cc1. The fraction of sp³-hybridized carbons (Fsp3) is 0. The summed E-state index contributed by atoms with van der Waals surface area (Å²) in [5, 5.41) is 9.63. The summed E-state index contributed by atoms with van der Waals surface area (Å²) in [5.41, 5.74) is -7.16. The standard InChI is InChI=1S/C24H7BF13O/c26-10-5-8(6-11(27)14(10)28)25(7-1-3-9(39)4-2-7,12-15(29)19(33)23(37)20(34)16(12)30)13-17(31)21(35)24(38)22(36)18(13)32/h1-6,39H/q-1. The molecule has 0 saturated carbocycles. The van der Waals surface area contributed by atoms with E-state index < -0.39 is 109 Å². The molecule has 0 bridgehead atoms. The van der Waals surface area contributed by atoms with E-state index >= 15 is 17.6 Å². The van der Waals surface area contributed by atoms with Crippen molar-refractivity contribution in [3.8, 4) is 5.75 Å². The van der Waals surface area contributed by atoms with Crippen molar-refractivity contribution in [1.29, 1.82) is 0 Å². The maximum Gasteiger partial charge on any atom is 0.200 e. The van der Waals surface area contributed by atoms with Crippen LogP contribution in [0.2, 0.25) is 0 Å². The van der Waals surface area contributed by atoms with Crippen molar-refractivity contribution in [3.63, 3.8) is 0 Å². The van der Waals surface area contributed by atoms with Gasteiger partial charge in [0, 0.05) is 0 Å². The van der Waals surface area contributed by atoms with E-state index in [1.54, 1.807) is 0 Å². The molecular weight excluding hydrogens is 562 g/mol. The zero-order valence-corrected chi connectivity index (χ0v) is 18.4. The van der Waals surface area contributed by atoms with Crippen LogP contribution in [0, 0.1) is 75.6 Å². The van der Waals surface area contributed by atoms with Crippen molar-refractivity contribution in [2.45, 2.75) is 0 Å². The summed E-state index contributed by atoms with van der Waals surface area (Å²) in [7, 11) is 0. The zero-order valence-electron chi connectivity index (χ0n) is 18.4. The predicted octanol–water partition coefficient (Wildman–Crippen LogP) is 4.58. The van der Waals surface area contributed by atoms with Crippen molar-refractivity contribution in [2.75, 3.05) is 0 Å². The molecule has 1 N–H and O–H groups in total. The van der Waals surface area contributed by atoms with Crippen molar-refractivity contribution >= 4 is 28.0 Å². The van der Waals surface area contributed by atoms with Gasteiger partial charge in [-0.05, 0) is 12.1 Å². The van der Waals surface area contributed by atoms with Gasteiger partial charge in [-0.15, -0.1) is 10.9 Å². The molecule has 4 aromatic carbocycles. The van der Waals surface area contributed by atoms with Gasteiger partial charge >= 0.3 is 0 Å². The Hall–Kier alpha value is -4.17. The summed E-state index contributed by atoms with van der Waals surface area (Å²) in [4.78, 5) is 0. The maximum atomic E-state index is 15.3. The second-order valence-electron chi connectivity index (χ2n) is 8.22. The van der Waals surface area contributed by atoms with E-state index in [1.807, 2.05) is 0 Å². The summed E-state index contributed by atoms with van der Waals surface area (Å²) in [6.07, 6.45) is -5.04. The van der Waals surface area contributed by atoms with Crippen LogP contribution in [0.5, 0.6) is 5.75 Å². The Labute approximate surface area is 208 Å². The van der Waals surface area contributed by atoms with Crippen molar-refractivity contribution in [2.24, 2.45) is 0 Å². The van der Waals surface area contributed by atoms with Gasteiger partial charge in [-0.1, -0.05) is 24.3 Å². The van der Waals surface area contributed by atoms with Crippen LogP contribution in [-0.4, -0.2) is 11.3 Å². The van der Waals surface area contributed by atoms with Crippen LogP contribution in [0.4, 0.5) is 57.1 Å². The summed E-state index contributed by atoms with van der Waals surface area (Å²) in [5.74, 6) is -35.6. The van der Waals surface area contributed by atoms with Gasteiger partial charge in [0.1, 0.15) is 35.2 Å². The molecule has 0 unspecified atom stereocenters. The van der Waals surface area contributed by atoms with E-state index in [-0.39, 0.29) is 12.1 Å². The third kappa shape index (κ3) is 3.89. The zero-order chi connectivity index (χ0) is 29.1. The van der Waals surface area contributed by atoms with E-state index in [9.17, 15) is 44.6 Å². The number of phenolic OH excluding ortho intramolecular Hbond substituents is 1. The quantitative estimate of drug-likeness (QED) is 0.165. The van der Waals surface area contributed by atoms with Gasteiger partial charge in [-0.3, -0.25) is 0 Å². The summed E-state index contributed by atoms with van der Waals surface area (Å²) in [6, 6.07) is 1.82. The molecule has 0 amide bonds. The molecule has 4 aromatic rings. The molecule has 0 heterocycles. The lowest BCUT2D eigenvalue weighted by molar-refractivity contribution is 0.382. The average Bonchev–Trinajstić information content (AvgIpc) is 2.90. The summed E-state index contributed by atoms with van der Waals surface area (Å²) < 4.78 is 189. The van der Waals surface area contributed by atoms with Crippen LogP contribution in [0.15, 0.2) is 36.4 Å². The normalized spacial score (nSPS) is 11.8. The number of halogens is 13. The summed E-state index contributed by atoms with van der Waals surface area (Å²) in [6.45, 7) is 0. The van der Waals surface area contributed by atoms with Crippen molar-refractivity contribution < 1.29 is 62.2 Å². The highest BCUT2D eigenvalue weighted by molar-refractivity contribution is 7.20. The fourth-order valence-electron chi connectivity index (χ4n) is 4.60. The fourth-order valence-corrected chi connectivity index (χ4v) is 4.60. The summed E-state index contributed by atoms with van der Waals surface area (Å²) >= 11 is 0. The van der Waals surface area contributed by atoms with Crippen LogP contribution in [0.3, 0.4) is 0 Å². The van der Waals surface area contributed by atoms with Crippen LogP contribution in [0.1, 0.15) is 0 Å². The Bertz CT molecular complexity index is 1500. The number of aromatic hydroxyl groups is 1. The Morgan fingerprint density at radius 3 is 1.03 bits per heavy atom. The molecule has 1 nitrogen and oxygen atoms in total. The molecule has 0 saturated heterocycles. The van der Waals surface area contributed by atoms with E-state index in [0.717, 1.165) is 0 Å². The van der Waals surface area contributed by atoms with Crippen molar-refractivity contribution in [3.05, 3.63) is 112 Å². The molecule has 0 fully saturated rings. The topological polar surface area (TPSA) is 20.2 Å². The minimum Gasteiger partial charge on any atom is -0.508 e. The first-order chi connectivity index (χ1) is 18.2. The average molecular weight is 569 g/mol. The highest BCUT2D eigenvalue weighted by Gasteiger charge is 2.45.